The number of esters is 1. The van der Waals surface area contributed by atoms with Gasteiger partial charge in [0, 0.05) is 17.6 Å². The molecule has 3 heterocycles. The van der Waals surface area contributed by atoms with Gasteiger partial charge in [0.1, 0.15) is 11.6 Å². The Bertz CT molecular complexity index is 1160. The summed E-state index contributed by atoms with van der Waals surface area (Å²) in [5.41, 5.74) is 1.39. The van der Waals surface area contributed by atoms with Crippen molar-refractivity contribution >= 4 is 35.0 Å². The average Bonchev–Trinajstić information content (AvgIpc) is 3.45. The molecule has 1 aromatic carbocycles. The van der Waals surface area contributed by atoms with E-state index in [1.165, 1.54) is 31.4 Å². The maximum atomic E-state index is 13.2. The zero-order valence-electron chi connectivity index (χ0n) is 15.7. The van der Waals surface area contributed by atoms with Crippen molar-refractivity contribution in [2.45, 2.75) is 6.54 Å². The molecule has 2 aromatic heterocycles. The zero-order chi connectivity index (χ0) is 21.3. The number of thioether (sulfide) groups is 1. The van der Waals surface area contributed by atoms with Crippen molar-refractivity contribution in [3.63, 3.8) is 0 Å². The van der Waals surface area contributed by atoms with Crippen LogP contribution in [-0.4, -0.2) is 33.7 Å². The lowest BCUT2D eigenvalue weighted by Gasteiger charge is -2.10. The van der Waals surface area contributed by atoms with Crippen LogP contribution < -0.4 is 0 Å². The van der Waals surface area contributed by atoms with Crippen molar-refractivity contribution in [2.24, 2.45) is 0 Å². The first-order valence-corrected chi connectivity index (χ1v) is 9.63. The Balaban J connectivity index is 1.55. The molecule has 1 fully saturated rings. The van der Waals surface area contributed by atoms with Crippen LogP contribution in [0.1, 0.15) is 22.0 Å². The van der Waals surface area contributed by atoms with E-state index in [0.717, 1.165) is 22.3 Å². The molecule has 152 valence electrons. The fourth-order valence-electron chi connectivity index (χ4n) is 2.95. The van der Waals surface area contributed by atoms with E-state index in [2.05, 4.69) is 4.74 Å². The van der Waals surface area contributed by atoms with Crippen LogP contribution in [0.5, 0.6) is 0 Å². The number of benzene rings is 1. The second-order valence-corrected chi connectivity index (χ2v) is 7.30. The largest absolute Gasteiger partial charge is 0.463 e. The Hall–Kier alpha value is -3.59. The lowest BCUT2D eigenvalue weighted by atomic mass is 10.3. The number of amides is 2. The average molecular weight is 426 g/mol. The van der Waals surface area contributed by atoms with Gasteiger partial charge in [-0.15, -0.1) is 0 Å². The van der Waals surface area contributed by atoms with Gasteiger partial charge in [-0.25, -0.2) is 9.18 Å². The van der Waals surface area contributed by atoms with Gasteiger partial charge in [-0.3, -0.25) is 14.5 Å². The molecule has 1 aliphatic rings. The number of carbonyl (C=O) groups is 3. The third kappa shape index (κ3) is 3.79. The van der Waals surface area contributed by atoms with E-state index in [-0.39, 0.29) is 28.8 Å². The molecule has 0 unspecified atom stereocenters. The zero-order valence-corrected chi connectivity index (χ0v) is 16.5. The molecule has 0 saturated carbocycles. The van der Waals surface area contributed by atoms with Gasteiger partial charge in [-0.1, -0.05) is 0 Å². The number of aromatic nitrogens is 1. The van der Waals surface area contributed by atoms with E-state index in [0.29, 0.717) is 5.69 Å². The molecule has 0 aliphatic carbocycles. The van der Waals surface area contributed by atoms with E-state index in [4.69, 9.17) is 4.42 Å². The molecular weight excluding hydrogens is 411 g/mol. The van der Waals surface area contributed by atoms with Gasteiger partial charge in [0.25, 0.3) is 11.1 Å². The maximum Gasteiger partial charge on any atom is 0.373 e. The van der Waals surface area contributed by atoms with E-state index < -0.39 is 17.1 Å². The predicted molar refractivity (Wildman–Crippen MR) is 107 cm³/mol. The third-order valence-electron chi connectivity index (χ3n) is 4.40. The third-order valence-corrected chi connectivity index (χ3v) is 5.31. The van der Waals surface area contributed by atoms with Crippen LogP contribution in [0.3, 0.4) is 0 Å². The van der Waals surface area contributed by atoms with Crippen molar-refractivity contribution < 1.29 is 27.9 Å². The van der Waals surface area contributed by atoms with Gasteiger partial charge in [-0.05, 0) is 66.4 Å². The SMILES string of the molecule is COC(=O)c1ccc(CN2C(=O)S/C(=C/c3cccn3-c3ccc(F)cc3)C2=O)o1. The van der Waals surface area contributed by atoms with Crippen LogP contribution >= 0.6 is 11.8 Å². The number of hydrogen-bond donors (Lipinski definition) is 0. The molecule has 3 aromatic rings. The van der Waals surface area contributed by atoms with Gasteiger partial charge in [0.15, 0.2) is 0 Å². The molecule has 0 spiro atoms. The molecule has 30 heavy (non-hydrogen) atoms. The molecule has 0 radical (unpaired) electrons. The Morgan fingerprint density at radius 2 is 1.93 bits per heavy atom. The number of rotatable bonds is 5. The summed E-state index contributed by atoms with van der Waals surface area (Å²) >= 11 is 0.815. The first kappa shape index (κ1) is 19.7. The molecule has 0 N–H and O–H groups in total. The summed E-state index contributed by atoms with van der Waals surface area (Å²) in [5.74, 6) is -1.17. The quantitative estimate of drug-likeness (QED) is 0.449. The van der Waals surface area contributed by atoms with E-state index in [1.807, 2.05) is 0 Å². The molecular formula is C21H15FN2O5S. The number of halogens is 1. The molecule has 9 heteroatoms. The molecule has 7 nitrogen and oxygen atoms in total. The van der Waals surface area contributed by atoms with Crippen LogP contribution in [0.15, 0.2) is 64.1 Å². The van der Waals surface area contributed by atoms with Gasteiger partial charge >= 0.3 is 5.97 Å². The van der Waals surface area contributed by atoms with Crippen LogP contribution in [0, 0.1) is 5.82 Å². The highest BCUT2D eigenvalue weighted by molar-refractivity contribution is 8.18. The van der Waals surface area contributed by atoms with E-state index in [1.54, 1.807) is 41.1 Å². The summed E-state index contributed by atoms with van der Waals surface area (Å²) in [7, 11) is 1.23. The summed E-state index contributed by atoms with van der Waals surface area (Å²) in [5, 5.41) is -0.442. The number of ether oxygens (including phenoxy) is 1. The minimum Gasteiger partial charge on any atom is -0.463 e. The monoisotopic (exact) mass is 426 g/mol. The van der Waals surface area contributed by atoms with Crippen molar-refractivity contribution in [3.05, 3.63) is 82.7 Å². The van der Waals surface area contributed by atoms with Gasteiger partial charge in [-0.2, -0.15) is 0 Å². The minimum absolute atomic E-state index is 0.00728. The number of hydrogen-bond acceptors (Lipinski definition) is 6. The van der Waals surface area contributed by atoms with Gasteiger partial charge < -0.3 is 13.7 Å². The molecule has 0 atom stereocenters. The molecule has 1 aliphatic heterocycles. The van der Waals surface area contributed by atoms with Crippen LogP contribution in [0.4, 0.5) is 9.18 Å². The number of carbonyl (C=O) groups excluding carboxylic acids is 3. The fourth-order valence-corrected chi connectivity index (χ4v) is 3.77. The smallest absolute Gasteiger partial charge is 0.373 e. The summed E-state index contributed by atoms with van der Waals surface area (Å²) < 4.78 is 24.9. The summed E-state index contributed by atoms with van der Waals surface area (Å²) in [6.45, 7) is -0.0992. The standard InChI is InChI=1S/C21H15FN2O5S/c1-28-20(26)17-9-8-16(29-17)12-24-19(25)18(30-21(24)27)11-15-3-2-10-23(15)14-6-4-13(22)5-7-14/h2-11H,12H2,1H3/b18-11+. The van der Waals surface area contributed by atoms with Crippen molar-refractivity contribution in [1.82, 2.24) is 9.47 Å². The Labute approximate surface area is 174 Å². The number of furan rings is 1. The fraction of sp³-hybridized carbons (Fsp3) is 0.0952. The van der Waals surface area contributed by atoms with Gasteiger partial charge in [0.05, 0.1) is 18.6 Å². The highest BCUT2D eigenvalue weighted by Crippen LogP contribution is 2.34. The number of imide groups is 1. The Kier molecular flexibility index (Phi) is 5.28. The van der Waals surface area contributed by atoms with Crippen LogP contribution in [0.25, 0.3) is 11.8 Å². The van der Waals surface area contributed by atoms with E-state index >= 15 is 0 Å². The first-order chi connectivity index (χ1) is 14.5. The molecule has 4 rings (SSSR count). The second-order valence-electron chi connectivity index (χ2n) is 6.30. The van der Waals surface area contributed by atoms with Gasteiger partial charge in [0.2, 0.25) is 5.76 Å². The normalized spacial score (nSPS) is 15.3. The topological polar surface area (TPSA) is 81.8 Å². The lowest BCUT2D eigenvalue weighted by Crippen LogP contribution is -2.27. The number of nitrogens with zero attached hydrogens (tertiary/aromatic N) is 2. The molecule has 2 amide bonds. The van der Waals surface area contributed by atoms with Crippen LogP contribution in [-0.2, 0) is 16.1 Å². The summed E-state index contributed by atoms with van der Waals surface area (Å²) in [4.78, 5) is 37.9. The van der Waals surface area contributed by atoms with Crippen molar-refractivity contribution in [2.75, 3.05) is 7.11 Å². The van der Waals surface area contributed by atoms with Crippen molar-refractivity contribution in [1.29, 1.82) is 0 Å². The Morgan fingerprint density at radius 3 is 2.67 bits per heavy atom. The highest BCUT2D eigenvalue weighted by Gasteiger charge is 2.36. The van der Waals surface area contributed by atoms with E-state index in [9.17, 15) is 18.8 Å². The maximum absolute atomic E-state index is 13.2. The van der Waals surface area contributed by atoms with Crippen LogP contribution in [0.2, 0.25) is 0 Å². The lowest BCUT2D eigenvalue weighted by molar-refractivity contribution is -0.123. The molecule has 1 saturated heterocycles. The second kappa shape index (κ2) is 8.03. The molecule has 0 bridgehead atoms. The highest BCUT2D eigenvalue weighted by atomic mass is 32.2. The van der Waals surface area contributed by atoms with Crippen molar-refractivity contribution in [3.8, 4) is 5.69 Å². The predicted octanol–water partition coefficient (Wildman–Crippen LogP) is 4.23. The number of methoxy groups -OCH3 is 1. The summed E-state index contributed by atoms with van der Waals surface area (Å²) in [6, 6.07) is 12.4. The minimum atomic E-state index is -0.642. The Morgan fingerprint density at radius 1 is 1.17 bits per heavy atom. The summed E-state index contributed by atoms with van der Waals surface area (Å²) in [6.07, 6.45) is 3.39. The first-order valence-electron chi connectivity index (χ1n) is 8.82.